The second-order valence-electron chi connectivity index (χ2n) is 3.97. The van der Waals surface area contributed by atoms with Crippen LogP contribution in [-0.2, 0) is 0 Å². The highest BCUT2D eigenvalue weighted by Crippen LogP contribution is 2.27. The van der Waals surface area contributed by atoms with Gasteiger partial charge in [0.2, 0.25) is 0 Å². The highest BCUT2D eigenvalue weighted by Gasteiger charge is 2.34. The molecule has 0 bridgehead atoms. The number of halogens is 3. The van der Waals surface area contributed by atoms with Gasteiger partial charge in [0.05, 0.1) is 5.73 Å². The Kier molecular flexibility index (Phi) is 9.75. The van der Waals surface area contributed by atoms with Crippen molar-refractivity contribution in [2.45, 2.75) is 64.0 Å². The van der Waals surface area contributed by atoms with E-state index in [4.69, 9.17) is 33.2 Å². The quantitative estimate of drug-likeness (QED) is 0.371. The van der Waals surface area contributed by atoms with E-state index < -0.39 is 11.7 Å². The van der Waals surface area contributed by atoms with Gasteiger partial charge in [-0.3, -0.25) is 0 Å². The minimum absolute atomic E-state index is 0.635. The molecule has 1 unspecified atom stereocenters. The van der Waals surface area contributed by atoms with E-state index in [1.807, 2.05) is 0 Å². The second kappa shape index (κ2) is 9.12. The smallest absolute Gasteiger partial charge is 0.368 e. The van der Waals surface area contributed by atoms with E-state index >= 15 is 0 Å². The number of unbranched alkanes of at least 4 members (excludes halogenated alkanes) is 6. The summed E-state index contributed by atoms with van der Waals surface area (Å²) in [4.78, 5) is 0. The zero-order valence-corrected chi connectivity index (χ0v) is 12.6. The molecule has 0 fully saturated rings. The fraction of sp³-hybridized carbons (Fsp3) is 1.00. The SMILES string of the molecule is CCCCCCCCCC(O)[Si](Cl)(Cl)Cl. The van der Waals surface area contributed by atoms with Gasteiger partial charge in [0, 0.05) is 0 Å². The molecule has 0 rings (SSSR count). The Labute approximate surface area is 108 Å². The first kappa shape index (κ1) is 16.0. The maximum atomic E-state index is 9.49. The molecule has 15 heavy (non-hydrogen) atoms. The standard InChI is InChI=1S/C10H21Cl3OSi/c1-2-3-4-5-6-7-8-9-10(14)15(11,12)13/h10,14H,2-9H2,1H3. The van der Waals surface area contributed by atoms with Crippen molar-refractivity contribution in [1.29, 1.82) is 0 Å². The van der Waals surface area contributed by atoms with Gasteiger partial charge < -0.3 is 5.11 Å². The molecule has 92 valence electrons. The number of hydrogen-bond acceptors (Lipinski definition) is 1. The Balaban J connectivity index is 3.24. The molecule has 5 heteroatoms. The van der Waals surface area contributed by atoms with Gasteiger partial charge >= 0.3 is 6.00 Å². The van der Waals surface area contributed by atoms with Gasteiger partial charge in [-0.1, -0.05) is 51.9 Å². The summed E-state index contributed by atoms with van der Waals surface area (Å²) in [5.41, 5.74) is -0.696. The summed E-state index contributed by atoms with van der Waals surface area (Å²) in [6.07, 6.45) is 9.17. The third-order valence-corrected chi connectivity index (χ3v) is 5.77. The largest absolute Gasteiger partial charge is 0.392 e. The van der Waals surface area contributed by atoms with Crippen LogP contribution < -0.4 is 0 Å². The summed E-state index contributed by atoms with van der Waals surface area (Å²) in [5.74, 6) is 0. The molecule has 0 aliphatic rings. The van der Waals surface area contributed by atoms with Crippen molar-refractivity contribution in [3.8, 4) is 0 Å². The summed E-state index contributed by atoms with van der Waals surface area (Å²) in [6.45, 7) is 2.21. The number of aliphatic hydroxyl groups is 1. The van der Waals surface area contributed by atoms with Crippen LogP contribution in [0.4, 0.5) is 0 Å². The van der Waals surface area contributed by atoms with Crippen molar-refractivity contribution in [2.75, 3.05) is 0 Å². The molecule has 0 saturated heterocycles. The Morgan fingerprint density at radius 1 is 0.933 bits per heavy atom. The van der Waals surface area contributed by atoms with Crippen LogP contribution in [-0.4, -0.2) is 16.8 Å². The van der Waals surface area contributed by atoms with E-state index in [1.165, 1.54) is 32.1 Å². The number of aliphatic hydroxyl groups excluding tert-OH is 1. The van der Waals surface area contributed by atoms with E-state index in [9.17, 15) is 5.11 Å². The molecule has 0 aliphatic carbocycles. The lowest BCUT2D eigenvalue weighted by Gasteiger charge is -2.15. The molecule has 0 aromatic carbocycles. The lowest BCUT2D eigenvalue weighted by molar-refractivity contribution is 0.235. The second-order valence-corrected chi connectivity index (χ2v) is 12.8. The van der Waals surface area contributed by atoms with Crippen LogP contribution in [0.1, 0.15) is 58.3 Å². The molecule has 0 aromatic rings. The van der Waals surface area contributed by atoms with Gasteiger partial charge in [0.15, 0.2) is 0 Å². The zero-order valence-electron chi connectivity index (χ0n) is 9.32. The third-order valence-electron chi connectivity index (χ3n) is 2.46. The normalized spacial score (nSPS) is 14.2. The molecule has 0 heterocycles. The minimum Gasteiger partial charge on any atom is -0.392 e. The summed E-state index contributed by atoms with van der Waals surface area (Å²) < 4.78 is 0. The minimum atomic E-state index is -2.87. The molecule has 0 spiro atoms. The first-order chi connectivity index (χ1) is 6.98. The summed E-state index contributed by atoms with van der Waals surface area (Å²) in [6, 6.07) is -2.87. The average Bonchev–Trinajstić information content (AvgIpc) is 2.14. The first-order valence-electron chi connectivity index (χ1n) is 5.73. The summed E-state index contributed by atoms with van der Waals surface area (Å²) >= 11 is 17.1. The maximum absolute atomic E-state index is 9.49. The predicted molar refractivity (Wildman–Crippen MR) is 71.9 cm³/mol. The van der Waals surface area contributed by atoms with Crippen LogP contribution in [0.5, 0.6) is 0 Å². The molecular weight excluding hydrogens is 271 g/mol. The van der Waals surface area contributed by atoms with E-state index in [1.54, 1.807) is 0 Å². The molecule has 1 nitrogen and oxygen atoms in total. The van der Waals surface area contributed by atoms with E-state index in [0.717, 1.165) is 12.8 Å². The van der Waals surface area contributed by atoms with Gasteiger partial charge in [-0.2, -0.15) is 0 Å². The molecule has 1 atom stereocenters. The molecule has 0 aliphatic heterocycles. The lowest BCUT2D eigenvalue weighted by atomic mass is 10.1. The highest BCUT2D eigenvalue weighted by atomic mass is 35.8. The monoisotopic (exact) mass is 290 g/mol. The predicted octanol–water partition coefficient (Wildman–Crippen LogP) is 4.68. The van der Waals surface area contributed by atoms with Crippen molar-refractivity contribution >= 4 is 39.2 Å². The Bertz CT molecular complexity index is 150. The van der Waals surface area contributed by atoms with Gasteiger partial charge in [0.1, 0.15) is 0 Å². The van der Waals surface area contributed by atoms with Crippen LogP contribution in [0.2, 0.25) is 0 Å². The van der Waals surface area contributed by atoms with Crippen LogP contribution >= 0.6 is 33.2 Å². The molecular formula is C10H21Cl3OSi. The highest BCUT2D eigenvalue weighted by molar-refractivity contribution is 7.65. The molecule has 1 N–H and O–H groups in total. The van der Waals surface area contributed by atoms with Crippen LogP contribution in [0, 0.1) is 0 Å². The van der Waals surface area contributed by atoms with Crippen LogP contribution in [0.3, 0.4) is 0 Å². The van der Waals surface area contributed by atoms with Crippen molar-refractivity contribution < 1.29 is 5.11 Å². The molecule has 0 amide bonds. The van der Waals surface area contributed by atoms with E-state index in [0.29, 0.717) is 6.42 Å². The van der Waals surface area contributed by atoms with Gasteiger partial charge in [0.25, 0.3) is 0 Å². The van der Waals surface area contributed by atoms with Crippen molar-refractivity contribution in [3.63, 3.8) is 0 Å². The number of hydrogen-bond donors (Lipinski definition) is 1. The molecule has 0 saturated carbocycles. The molecule has 0 radical (unpaired) electrons. The topological polar surface area (TPSA) is 20.2 Å². The fourth-order valence-electron chi connectivity index (χ4n) is 1.46. The molecule has 0 aromatic heterocycles. The summed E-state index contributed by atoms with van der Waals surface area (Å²) in [5, 5.41) is 9.49. The van der Waals surface area contributed by atoms with Crippen molar-refractivity contribution in [3.05, 3.63) is 0 Å². The average molecular weight is 292 g/mol. The maximum Gasteiger partial charge on any atom is 0.368 e. The lowest BCUT2D eigenvalue weighted by Crippen LogP contribution is -2.30. The van der Waals surface area contributed by atoms with Gasteiger partial charge in [-0.15, -0.1) is 33.2 Å². The van der Waals surface area contributed by atoms with Gasteiger partial charge in [-0.05, 0) is 6.42 Å². The zero-order chi connectivity index (χ0) is 11.7. The van der Waals surface area contributed by atoms with Gasteiger partial charge in [-0.25, -0.2) is 0 Å². The first-order valence-corrected chi connectivity index (χ1v) is 10.8. The Hall–Kier alpha value is 1.05. The summed E-state index contributed by atoms with van der Waals surface area (Å²) in [7, 11) is 0. The van der Waals surface area contributed by atoms with E-state index in [2.05, 4.69) is 6.92 Å². The Morgan fingerprint density at radius 2 is 1.40 bits per heavy atom. The third kappa shape index (κ3) is 9.95. The van der Waals surface area contributed by atoms with Crippen LogP contribution in [0.15, 0.2) is 0 Å². The van der Waals surface area contributed by atoms with Crippen molar-refractivity contribution in [2.24, 2.45) is 0 Å². The Morgan fingerprint density at radius 3 is 1.87 bits per heavy atom. The van der Waals surface area contributed by atoms with Crippen molar-refractivity contribution in [1.82, 2.24) is 0 Å². The van der Waals surface area contributed by atoms with E-state index in [-0.39, 0.29) is 0 Å². The fourth-order valence-corrected chi connectivity index (χ4v) is 2.97. The van der Waals surface area contributed by atoms with Crippen LogP contribution in [0.25, 0.3) is 0 Å². The number of rotatable bonds is 9.